The van der Waals surface area contributed by atoms with Crippen LogP contribution in [0.5, 0.6) is 0 Å². The lowest BCUT2D eigenvalue weighted by atomic mass is 10.1. The molecule has 1 amide bonds. The first-order chi connectivity index (χ1) is 9.20. The van der Waals surface area contributed by atoms with Crippen LogP contribution in [-0.2, 0) is 0 Å². The van der Waals surface area contributed by atoms with Crippen LogP contribution in [-0.4, -0.2) is 29.0 Å². The molecule has 2 rings (SSSR count). The molecule has 2 N–H and O–H groups in total. The zero-order valence-corrected chi connectivity index (χ0v) is 11.2. The minimum absolute atomic E-state index is 0.123. The number of hydrogen-bond acceptors (Lipinski definition) is 5. The summed E-state index contributed by atoms with van der Waals surface area (Å²) in [6.07, 6.45) is 2.64. The molecule has 1 heterocycles. The van der Waals surface area contributed by atoms with Gasteiger partial charge in [-0.2, -0.15) is 0 Å². The van der Waals surface area contributed by atoms with Gasteiger partial charge in [0.2, 0.25) is 5.76 Å². The zero-order chi connectivity index (χ0) is 13.7. The van der Waals surface area contributed by atoms with Crippen molar-refractivity contribution in [3.8, 4) is 0 Å². The van der Waals surface area contributed by atoms with Crippen LogP contribution in [0.2, 0.25) is 0 Å². The predicted molar refractivity (Wildman–Crippen MR) is 72.0 cm³/mol. The van der Waals surface area contributed by atoms with Crippen molar-refractivity contribution in [2.24, 2.45) is 0 Å². The Bertz CT molecular complexity index is 525. The van der Waals surface area contributed by atoms with Gasteiger partial charge in [-0.1, -0.05) is 17.3 Å². The molecule has 1 aromatic carbocycles. The molecule has 0 bridgehead atoms. The highest BCUT2D eigenvalue weighted by Crippen LogP contribution is 2.18. The molecule has 6 heteroatoms. The van der Waals surface area contributed by atoms with Crippen molar-refractivity contribution < 1.29 is 14.4 Å². The molecule has 0 aliphatic rings. The maximum Gasteiger partial charge on any atom is 0.289 e. The van der Waals surface area contributed by atoms with Gasteiger partial charge < -0.3 is 14.9 Å². The molecule has 0 aliphatic carbocycles. The highest BCUT2D eigenvalue weighted by Gasteiger charge is 2.13. The number of carbonyl (C=O) groups excluding carboxylic acids is 1. The molecule has 2 aromatic rings. The number of carbonyl (C=O) groups is 1. The number of aliphatic hydroxyl groups is 1. The average molecular weight is 278 g/mol. The van der Waals surface area contributed by atoms with Gasteiger partial charge in [0.05, 0.1) is 12.3 Å². The van der Waals surface area contributed by atoms with Crippen molar-refractivity contribution in [2.75, 3.05) is 12.8 Å². The molecular formula is C13H14N2O3S. The van der Waals surface area contributed by atoms with Crippen molar-refractivity contribution in [1.82, 2.24) is 10.5 Å². The molecule has 1 atom stereocenters. The van der Waals surface area contributed by atoms with Crippen LogP contribution >= 0.6 is 11.8 Å². The van der Waals surface area contributed by atoms with E-state index in [9.17, 15) is 9.90 Å². The third-order valence-electron chi connectivity index (χ3n) is 2.62. The lowest BCUT2D eigenvalue weighted by molar-refractivity contribution is 0.0880. The maximum absolute atomic E-state index is 11.6. The summed E-state index contributed by atoms with van der Waals surface area (Å²) < 4.78 is 4.72. The Hall–Kier alpha value is -1.79. The van der Waals surface area contributed by atoms with Gasteiger partial charge in [0.25, 0.3) is 5.91 Å². The predicted octanol–water partition coefficient (Wildman–Crippen LogP) is 1.86. The minimum atomic E-state index is -0.747. The third-order valence-corrected chi connectivity index (χ3v) is 3.36. The topological polar surface area (TPSA) is 75.4 Å². The molecular weight excluding hydrogens is 264 g/mol. The van der Waals surface area contributed by atoms with E-state index < -0.39 is 12.0 Å². The fourth-order valence-electron chi connectivity index (χ4n) is 1.55. The first kappa shape index (κ1) is 13.6. The van der Waals surface area contributed by atoms with Gasteiger partial charge in [0.1, 0.15) is 0 Å². The summed E-state index contributed by atoms with van der Waals surface area (Å²) in [6.45, 7) is 0.123. The standard InChI is InChI=1S/C13H14N2O3S/c1-19-10-4-2-9(3-5-10)11(16)8-14-13(17)12-6-7-15-18-12/h2-7,11,16H,8H2,1H3,(H,14,17)/t11-/m1/s1. The molecule has 0 radical (unpaired) electrons. The second kappa shape index (κ2) is 6.40. The number of aliphatic hydroxyl groups excluding tert-OH is 1. The molecule has 0 unspecified atom stereocenters. The lowest BCUT2D eigenvalue weighted by Gasteiger charge is -2.11. The molecule has 100 valence electrons. The third kappa shape index (κ3) is 3.59. The average Bonchev–Trinajstić information content (AvgIpc) is 2.98. The Kier molecular flexibility index (Phi) is 4.59. The normalized spacial score (nSPS) is 12.1. The van der Waals surface area contributed by atoms with Gasteiger partial charge in [-0.3, -0.25) is 4.79 Å². The number of nitrogens with one attached hydrogen (secondary N) is 1. The number of aromatic nitrogens is 1. The van der Waals surface area contributed by atoms with Crippen LogP contribution < -0.4 is 5.32 Å². The second-order valence-corrected chi connectivity index (χ2v) is 4.76. The zero-order valence-electron chi connectivity index (χ0n) is 10.4. The number of hydrogen-bond donors (Lipinski definition) is 2. The van der Waals surface area contributed by atoms with E-state index in [-0.39, 0.29) is 12.3 Å². The van der Waals surface area contributed by atoms with Gasteiger partial charge in [0, 0.05) is 17.5 Å². The first-order valence-corrected chi connectivity index (χ1v) is 6.94. The van der Waals surface area contributed by atoms with Crippen molar-refractivity contribution in [1.29, 1.82) is 0 Å². The number of rotatable bonds is 5. The van der Waals surface area contributed by atoms with Crippen LogP contribution in [0, 0.1) is 0 Å². The van der Waals surface area contributed by atoms with Crippen molar-refractivity contribution in [3.05, 3.63) is 47.9 Å². The summed E-state index contributed by atoms with van der Waals surface area (Å²) in [6, 6.07) is 9.02. The summed E-state index contributed by atoms with van der Waals surface area (Å²) in [5, 5.41) is 16.0. The van der Waals surface area contributed by atoms with Crippen molar-refractivity contribution >= 4 is 17.7 Å². The number of amides is 1. The number of benzene rings is 1. The molecule has 5 nitrogen and oxygen atoms in total. The Morgan fingerprint density at radius 2 is 2.16 bits per heavy atom. The van der Waals surface area contributed by atoms with E-state index in [4.69, 9.17) is 4.52 Å². The summed E-state index contributed by atoms with van der Waals surface area (Å²) in [4.78, 5) is 12.7. The van der Waals surface area contributed by atoms with Crippen molar-refractivity contribution in [2.45, 2.75) is 11.0 Å². The van der Waals surface area contributed by atoms with E-state index in [2.05, 4.69) is 10.5 Å². The summed E-state index contributed by atoms with van der Waals surface area (Å²) >= 11 is 1.64. The van der Waals surface area contributed by atoms with Gasteiger partial charge in [0.15, 0.2) is 0 Å². The SMILES string of the molecule is CSc1ccc([C@H](O)CNC(=O)c2ccno2)cc1. The van der Waals surface area contributed by atoms with Gasteiger partial charge in [-0.05, 0) is 24.0 Å². The molecule has 0 aliphatic heterocycles. The Morgan fingerprint density at radius 1 is 1.42 bits per heavy atom. The fourth-order valence-corrected chi connectivity index (χ4v) is 1.96. The number of thioether (sulfide) groups is 1. The van der Waals surface area contributed by atoms with E-state index in [0.29, 0.717) is 0 Å². The highest BCUT2D eigenvalue weighted by atomic mass is 32.2. The van der Waals surface area contributed by atoms with Crippen LogP contribution in [0.3, 0.4) is 0 Å². The molecule has 1 aromatic heterocycles. The Morgan fingerprint density at radius 3 is 2.74 bits per heavy atom. The van der Waals surface area contributed by atoms with E-state index in [1.54, 1.807) is 11.8 Å². The summed E-state index contributed by atoms with van der Waals surface area (Å²) in [5.41, 5.74) is 0.760. The Balaban J connectivity index is 1.90. The van der Waals surface area contributed by atoms with Crippen LogP contribution in [0.1, 0.15) is 22.2 Å². The van der Waals surface area contributed by atoms with E-state index in [0.717, 1.165) is 10.5 Å². The van der Waals surface area contributed by atoms with Gasteiger partial charge in [-0.25, -0.2) is 0 Å². The number of nitrogens with zero attached hydrogens (tertiary/aromatic N) is 1. The second-order valence-electron chi connectivity index (χ2n) is 3.88. The van der Waals surface area contributed by atoms with Gasteiger partial charge in [-0.15, -0.1) is 11.8 Å². The Labute approximate surface area is 115 Å². The maximum atomic E-state index is 11.6. The fraction of sp³-hybridized carbons (Fsp3) is 0.231. The smallest absolute Gasteiger partial charge is 0.289 e. The summed E-state index contributed by atoms with van der Waals surface area (Å²) in [5.74, 6) is -0.262. The van der Waals surface area contributed by atoms with Crippen LogP contribution in [0.15, 0.2) is 45.9 Å². The minimum Gasteiger partial charge on any atom is -0.387 e. The largest absolute Gasteiger partial charge is 0.387 e. The molecule has 0 saturated heterocycles. The lowest BCUT2D eigenvalue weighted by Crippen LogP contribution is -2.28. The van der Waals surface area contributed by atoms with E-state index >= 15 is 0 Å². The van der Waals surface area contributed by atoms with Gasteiger partial charge >= 0.3 is 0 Å². The summed E-state index contributed by atoms with van der Waals surface area (Å²) in [7, 11) is 0. The monoisotopic (exact) mass is 278 g/mol. The molecule has 0 saturated carbocycles. The molecule has 0 fully saturated rings. The molecule has 19 heavy (non-hydrogen) atoms. The van der Waals surface area contributed by atoms with E-state index in [1.807, 2.05) is 30.5 Å². The van der Waals surface area contributed by atoms with E-state index in [1.165, 1.54) is 12.3 Å². The quantitative estimate of drug-likeness (QED) is 0.816. The first-order valence-electron chi connectivity index (χ1n) is 5.71. The highest BCUT2D eigenvalue weighted by molar-refractivity contribution is 7.98. The van der Waals surface area contributed by atoms with Crippen LogP contribution in [0.4, 0.5) is 0 Å². The molecule has 0 spiro atoms. The van der Waals surface area contributed by atoms with Crippen LogP contribution in [0.25, 0.3) is 0 Å². The van der Waals surface area contributed by atoms with Crippen molar-refractivity contribution in [3.63, 3.8) is 0 Å².